The number of hydrogen-bond acceptors (Lipinski definition) is 3. The van der Waals surface area contributed by atoms with Gasteiger partial charge in [-0.2, -0.15) is 5.10 Å². The molecule has 1 rings (SSSR count). The van der Waals surface area contributed by atoms with Crippen LogP contribution in [0.2, 0.25) is 0 Å². The maximum absolute atomic E-state index is 5.10. The van der Waals surface area contributed by atoms with E-state index in [2.05, 4.69) is 16.0 Å². The van der Waals surface area contributed by atoms with E-state index in [4.69, 9.17) is 6.42 Å². The summed E-state index contributed by atoms with van der Waals surface area (Å²) in [6.07, 6.45) is 7.42. The Kier molecular flexibility index (Phi) is 2.99. The Morgan fingerprint density at radius 3 is 3.18 bits per heavy atom. The molecule has 0 saturated carbocycles. The molecular formula is C7H9N3S. The van der Waals surface area contributed by atoms with Crippen LogP contribution in [0.4, 0.5) is 0 Å². The number of aryl methyl sites for hydroxylation is 1. The zero-order chi connectivity index (χ0) is 8.10. The molecule has 0 radical (unpaired) electrons. The molecule has 0 fully saturated rings. The van der Waals surface area contributed by atoms with Gasteiger partial charge in [0.05, 0.1) is 0 Å². The van der Waals surface area contributed by atoms with Crippen LogP contribution in [-0.2, 0) is 7.05 Å². The highest BCUT2D eigenvalue weighted by Crippen LogP contribution is 2.13. The SMILES string of the molecule is C#CCCSc1ncnn1C. The average Bonchev–Trinajstić information content (AvgIpc) is 2.37. The zero-order valence-electron chi connectivity index (χ0n) is 6.32. The Hall–Kier alpha value is -0.950. The lowest BCUT2D eigenvalue weighted by Crippen LogP contribution is -1.92. The molecule has 0 amide bonds. The van der Waals surface area contributed by atoms with Gasteiger partial charge < -0.3 is 0 Å². The molecule has 58 valence electrons. The molecule has 0 aliphatic heterocycles. The molecule has 4 heteroatoms. The van der Waals surface area contributed by atoms with Gasteiger partial charge >= 0.3 is 0 Å². The Morgan fingerprint density at radius 1 is 1.82 bits per heavy atom. The minimum absolute atomic E-state index is 0.775. The smallest absolute Gasteiger partial charge is 0.185 e. The second kappa shape index (κ2) is 4.04. The van der Waals surface area contributed by atoms with Crippen LogP contribution < -0.4 is 0 Å². The van der Waals surface area contributed by atoms with E-state index in [0.29, 0.717) is 0 Å². The topological polar surface area (TPSA) is 30.7 Å². The van der Waals surface area contributed by atoms with Gasteiger partial charge in [0.25, 0.3) is 0 Å². The quantitative estimate of drug-likeness (QED) is 0.381. The summed E-state index contributed by atoms with van der Waals surface area (Å²) < 4.78 is 1.74. The van der Waals surface area contributed by atoms with Crippen LogP contribution in [0.5, 0.6) is 0 Å². The number of hydrogen-bond donors (Lipinski definition) is 0. The number of thioether (sulfide) groups is 1. The molecule has 1 aromatic rings. The van der Waals surface area contributed by atoms with Crippen LogP contribution in [0, 0.1) is 12.3 Å². The first kappa shape index (κ1) is 8.15. The minimum atomic E-state index is 0.775. The van der Waals surface area contributed by atoms with Crippen LogP contribution in [-0.4, -0.2) is 20.5 Å². The number of nitrogens with zero attached hydrogens (tertiary/aromatic N) is 3. The first-order valence-corrected chi connectivity index (χ1v) is 4.23. The van der Waals surface area contributed by atoms with E-state index in [-0.39, 0.29) is 0 Å². The minimum Gasteiger partial charge on any atom is -0.244 e. The van der Waals surface area contributed by atoms with Crippen LogP contribution in [0.3, 0.4) is 0 Å². The van der Waals surface area contributed by atoms with Crippen molar-refractivity contribution in [3.63, 3.8) is 0 Å². The monoisotopic (exact) mass is 167 g/mol. The lowest BCUT2D eigenvalue weighted by atomic mass is 10.5. The van der Waals surface area contributed by atoms with Crippen LogP contribution in [0.25, 0.3) is 0 Å². The number of aromatic nitrogens is 3. The molecular weight excluding hydrogens is 158 g/mol. The van der Waals surface area contributed by atoms with Crippen LogP contribution in [0.1, 0.15) is 6.42 Å². The van der Waals surface area contributed by atoms with Gasteiger partial charge in [-0.15, -0.1) is 12.3 Å². The molecule has 0 N–H and O–H groups in total. The van der Waals surface area contributed by atoms with Gasteiger partial charge in [0.15, 0.2) is 5.16 Å². The van der Waals surface area contributed by atoms with E-state index in [1.165, 1.54) is 6.33 Å². The fourth-order valence-electron chi connectivity index (χ4n) is 0.618. The summed E-state index contributed by atoms with van der Waals surface area (Å²) in [4.78, 5) is 4.03. The third kappa shape index (κ3) is 2.28. The Bertz CT molecular complexity index is 261. The van der Waals surface area contributed by atoms with Gasteiger partial charge in [-0.1, -0.05) is 11.8 Å². The molecule has 0 unspecified atom stereocenters. The molecule has 1 aromatic heterocycles. The summed E-state index contributed by atoms with van der Waals surface area (Å²) in [7, 11) is 1.87. The molecule has 0 aromatic carbocycles. The van der Waals surface area contributed by atoms with Crippen molar-refractivity contribution >= 4 is 11.8 Å². The van der Waals surface area contributed by atoms with Gasteiger partial charge in [0.1, 0.15) is 6.33 Å². The second-order valence-corrected chi connectivity index (χ2v) is 3.03. The van der Waals surface area contributed by atoms with E-state index in [9.17, 15) is 0 Å². The summed E-state index contributed by atoms with van der Waals surface area (Å²) in [5, 5.41) is 4.85. The lowest BCUT2D eigenvalue weighted by molar-refractivity contribution is 0.685. The van der Waals surface area contributed by atoms with Crippen molar-refractivity contribution in [1.29, 1.82) is 0 Å². The molecule has 3 nitrogen and oxygen atoms in total. The van der Waals surface area contributed by atoms with Crippen molar-refractivity contribution in [2.45, 2.75) is 11.6 Å². The van der Waals surface area contributed by atoms with E-state index >= 15 is 0 Å². The predicted molar refractivity (Wildman–Crippen MR) is 45.2 cm³/mol. The fourth-order valence-corrected chi connectivity index (χ4v) is 1.38. The zero-order valence-corrected chi connectivity index (χ0v) is 7.14. The largest absolute Gasteiger partial charge is 0.244 e. The molecule has 0 saturated heterocycles. The third-order valence-electron chi connectivity index (χ3n) is 1.15. The Balaban J connectivity index is 2.40. The standard InChI is InChI=1S/C7H9N3S/c1-3-4-5-11-7-8-6-9-10(7)2/h1,6H,4-5H2,2H3. The van der Waals surface area contributed by atoms with Crippen molar-refractivity contribution < 1.29 is 0 Å². The van der Waals surface area contributed by atoms with E-state index in [1.807, 2.05) is 7.05 Å². The maximum atomic E-state index is 5.10. The molecule has 0 bridgehead atoms. The fraction of sp³-hybridized carbons (Fsp3) is 0.429. The highest BCUT2D eigenvalue weighted by Gasteiger charge is 1.98. The van der Waals surface area contributed by atoms with Gasteiger partial charge in [-0.3, -0.25) is 0 Å². The molecule has 0 spiro atoms. The highest BCUT2D eigenvalue weighted by molar-refractivity contribution is 7.99. The van der Waals surface area contributed by atoms with Gasteiger partial charge in [0.2, 0.25) is 0 Å². The maximum Gasteiger partial charge on any atom is 0.185 e. The predicted octanol–water partition coefficient (Wildman–Crippen LogP) is 0.930. The van der Waals surface area contributed by atoms with Crippen molar-refractivity contribution in [1.82, 2.24) is 14.8 Å². The van der Waals surface area contributed by atoms with Crippen LogP contribution in [0.15, 0.2) is 11.5 Å². The average molecular weight is 167 g/mol. The Labute approximate surface area is 70.2 Å². The van der Waals surface area contributed by atoms with Crippen molar-refractivity contribution in [2.75, 3.05) is 5.75 Å². The normalized spacial score (nSPS) is 9.45. The van der Waals surface area contributed by atoms with Gasteiger partial charge in [-0.25, -0.2) is 9.67 Å². The van der Waals surface area contributed by atoms with Gasteiger partial charge in [-0.05, 0) is 0 Å². The molecule has 1 heterocycles. The van der Waals surface area contributed by atoms with Crippen molar-refractivity contribution in [2.24, 2.45) is 7.05 Å². The third-order valence-corrected chi connectivity index (χ3v) is 2.18. The summed E-state index contributed by atoms with van der Waals surface area (Å²) in [6, 6.07) is 0. The molecule has 0 aliphatic carbocycles. The summed E-state index contributed by atoms with van der Waals surface area (Å²) in [6.45, 7) is 0. The summed E-state index contributed by atoms with van der Waals surface area (Å²) in [5.41, 5.74) is 0. The van der Waals surface area contributed by atoms with E-state index in [0.717, 1.165) is 17.3 Å². The summed E-state index contributed by atoms with van der Waals surface area (Å²) >= 11 is 1.63. The first-order chi connectivity index (χ1) is 5.34. The van der Waals surface area contributed by atoms with E-state index in [1.54, 1.807) is 16.4 Å². The van der Waals surface area contributed by atoms with Crippen molar-refractivity contribution in [3.8, 4) is 12.3 Å². The first-order valence-electron chi connectivity index (χ1n) is 3.25. The van der Waals surface area contributed by atoms with Crippen molar-refractivity contribution in [3.05, 3.63) is 6.33 Å². The van der Waals surface area contributed by atoms with Gasteiger partial charge in [0, 0.05) is 19.2 Å². The van der Waals surface area contributed by atoms with Crippen LogP contribution >= 0.6 is 11.8 Å². The lowest BCUT2D eigenvalue weighted by Gasteiger charge is -1.95. The second-order valence-electron chi connectivity index (χ2n) is 1.97. The molecule has 0 aliphatic rings. The number of terminal acetylenes is 1. The molecule has 11 heavy (non-hydrogen) atoms. The highest BCUT2D eigenvalue weighted by atomic mass is 32.2. The number of rotatable bonds is 3. The van der Waals surface area contributed by atoms with E-state index < -0.39 is 0 Å². The molecule has 0 atom stereocenters. The summed E-state index contributed by atoms with van der Waals surface area (Å²) in [5.74, 6) is 3.48. The Morgan fingerprint density at radius 2 is 2.64 bits per heavy atom.